The highest BCUT2D eigenvalue weighted by Gasteiger charge is 2.30. The summed E-state index contributed by atoms with van der Waals surface area (Å²) in [6.07, 6.45) is 2.28. The number of nitrogens with zero attached hydrogens (tertiary/aromatic N) is 1. The van der Waals surface area contributed by atoms with Crippen LogP contribution >= 0.6 is 0 Å². The molecule has 0 aliphatic carbocycles. The van der Waals surface area contributed by atoms with Gasteiger partial charge in [-0.2, -0.15) is 0 Å². The second-order valence-electron chi connectivity index (χ2n) is 3.82. The van der Waals surface area contributed by atoms with E-state index in [1.165, 1.54) is 0 Å². The fourth-order valence-electron chi connectivity index (χ4n) is 1.70. The minimum atomic E-state index is -0.506. The summed E-state index contributed by atoms with van der Waals surface area (Å²) >= 11 is 0. The molecule has 0 aromatic carbocycles. The summed E-state index contributed by atoms with van der Waals surface area (Å²) in [6, 6.07) is 0. The number of nitrogens with two attached hydrogens (primary N) is 1. The molecule has 1 saturated heterocycles. The molecule has 3 N–H and O–H groups in total. The largest absolute Gasteiger partial charge is 0.390 e. The number of aliphatic hydroxyl groups is 1. The van der Waals surface area contributed by atoms with Crippen LogP contribution in [0.5, 0.6) is 0 Å². The summed E-state index contributed by atoms with van der Waals surface area (Å²) in [7, 11) is 0. The topological polar surface area (TPSA) is 66.6 Å². The first kappa shape index (κ1) is 10.5. The maximum atomic E-state index is 10.6. The van der Waals surface area contributed by atoms with Gasteiger partial charge in [0.2, 0.25) is 5.91 Å². The van der Waals surface area contributed by atoms with Crippen LogP contribution in [0.15, 0.2) is 0 Å². The Morgan fingerprint density at radius 2 is 2.08 bits per heavy atom. The number of amides is 1. The van der Waals surface area contributed by atoms with Gasteiger partial charge in [0.1, 0.15) is 0 Å². The Morgan fingerprint density at radius 1 is 1.54 bits per heavy atom. The molecule has 1 aliphatic heterocycles. The van der Waals surface area contributed by atoms with Gasteiger partial charge in [-0.3, -0.25) is 9.69 Å². The van der Waals surface area contributed by atoms with Crippen LogP contribution in [0.4, 0.5) is 0 Å². The molecule has 0 spiro atoms. The number of carbonyl (C=O) groups is 1. The zero-order chi connectivity index (χ0) is 9.90. The molecule has 0 atom stereocenters. The SMILES string of the molecule is CCC1(O)CCN(CC(N)=O)CC1. The van der Waals surface area contributed by atoms with Crippen molar-refractivity contribution in [3.05, 3.63) is 0 Å². The van der Waals surface area contributed by atoms with Crippen molar-refractivity contribution in [3.8, 4) is 0 Å². The Hall–Kier alpha value is -0.610. The van der Waals surface area contributed by atoms with Crippen LogP contribution in [0.1, 0.15) is 26.2 Å². The molecule has 4 nitrogen and oxygen atoms in total. The molecule has 1 aliphatic rings. The van der Waals surface area contributed by atoms with Crippen molar-refractivity contribution >= 4 is 5.91 Å². The van der Waals surface area contributed by atoms with Crippen molar-refractivity contribution < 1.29 is 9.90 Å². The van der Waals surface area contributed by atoms with E-state index in [9.17, 15) is 9.90 Å². The maximum Gasteiger partial charge on any atom is 0.231 e. The Kier molecular flexibility index (Phi) is 3.27. The number of hydrogen-bond acceptors (Lipinski definition) is 3. The predicted molar refractivity (Wildman–Crippen MR) is 50.1 cm³/mol. The first-order chi connectivity index (χ1) is 6.06. The van der Waals surface area contributed by atoms with Gasteiger partial charge in [0, 0.05) is 13.1 Å². The van der Waals surface area contributed by atoms with Gasteiger partial charge in [-0.25, -0.2) is 0 Å². The lowest BCUT2D eigenvalue weighted by Crippen LogP contribution is -2.46. The van der Waals surface area contributed by atoms with E-state index >= 15 is 0 Å². The van der Waals surface area contributed by atoms with Crippen LogP contribution in [-0.4, -0.2) is 41.1 Å². The molecule has 13 heavy (non-hydrogen) atoms. The van der Waals surface area contributed by atoms with Gasteiger partial charge in [-0.05, 0) is 19.3 Å². The van der Waals surface area contributed by atoms with Crippen LogP contribution in [0.3, 0.4) is 0 Å². The van der Waals surface area contributed by atoms with E-state index in [2.05, 4.69) is 0 Å². The quantitative estimate of drug-likeness (QED) is 0.636. The molecule has 0 radical (unpaired) electrons. The van der Waals surface area contributed by atoms with Gasteiger partial charge < -0.3 is 10.8 Å². The highest BCUT2D eigenvalue weighted by Crippen LogP contribution is 2.24. The highest BCUT2D eigenvalue weighted by molar-refractivity contribution is 5.75. The van der Waals surface area contributed by atoms with E-state index in [-0.39, 0.29) is 5.91 Å². The van der Waals surface area contributed by atoms with Gasteiger partial charge >= 0.3 is 0 Å². The van der Waals surface area contributed by atoms with E-state index in [4.69, 9.17) is 5.73 Å². The first-order valence-corrected chi connectivity index (χ1v) is 4.79. The average molecular weight is 186 g/mol. The molecule has 1 rings (SSSR count). The fourth-order valence-corrected chi connectivity index (χ4v) is 1.70. The molecule has 1 heterocycles. The second-order valence-corrected chi connectivity index (χ2v) is 3.82. The number of primary amides is 1. The van der Waals surface area contributed by atoms with E-state index in [0.29, 0.717) is 6.54 Å². The first-order valence-electron chi connectivity index (χ1n) is 4.79. The molecule has 76 valence electrons. The van der Waals surface area contributed by atoms with E-state index in [0.717, 1.165) is 32.4 Å². The third-order valence-corrected chi connectivity index (χ3v) is 2.82. The highest BCUT2D eigenvalue weighted by atomic mass is 16.3. The smallest absolute Gasteiger partial charge is 0.231 e. The maximum absolute atomic E-state index is 10.6. The average Bonchev–Trinajstić information content (AvgIpc) is 2.09. The molecule has 0 aromatic heterocycles. The van der Waals surface area contributed by atoms with Crippen LogP contribution < -0.4 is 5.73 Å². The molecule has 0 unspecified atom stereocenters. The normalized spacial score (nSPS) is 22.9. The lowest BCUT2D eigenvalue weighted by Gasteiger charge is -2.37. The number of hydrogen-bond donors (Lipinski definition) is 2. The fraction of sp³-hybridized carbons (Fsp3) is 0.889. The van der Waals surface area contributed by atoms with Crippen molar-refractivity contribution in [3.63, 3.8) is 0 Å². The molecule has 4 heteroatoms. The predicted octanol–water partition coefficient (Wildman–Crippen LogP) is -0.291. The molecule has 0 saturated carbocycles. The monoisotopic (exact) mass is 186 g/mol. The van der Waals surface area contributed by atoms with Gasteiger partial charge in [0.15, 0.2) is 0 Å². The van der Waals surface area contributed by atoms with Crippen LogP contribution in [0.2, 0.25) is 0 Å². The Morgan fingerprint density at radius 3 is 2.46 bits per heavy atom. The lowest BCUT2D eigenvalue weighted by atomic mass is 9.89. The van der Waals surface area contributed by atoms with E-state index < -0.39 is 5.60 Å². The number of piperidine rings is 1. The van der Waals surface area contributed by atoms with Crippen LogP contribution in [-0.2, 0) is 4.79 Å². The Bertz CT molecular complexity index is 186. The van der Waals surface area contributed by atoms with Gasteiger partial charge in [-0.1, -0.05) is 6.92 Å². The summed E-state index contributed by atoms with van der Waals surface area (Å²) in [5.41, 5.74) is 4.57. The molecule has 0 aromatic rings. The number of likely N-dealkylation sites (tertiary alicyclic amines) is 1. The molecular formula is C9H18N2O2. The molecule has 0 bridgehead atoms. The number of carbonyl (C=O) groups excluding carboxylic acids is 1. The second kappa shape index (κ2) is 4.07. The van der Waals surface area contributed by atoms with Crippen molar-refractivity contribution in [1.82, 2.24) is 4.90 Å². The van der Waals surface area contributed by atoms with Gasteiger partial charge in [-0.15, -0.1) is 0 Å². The van der Waals surface area contributed by atoms with E-state index in [1.807, 2.05) is 11.8 Å². The van der Waals surface area contributed by atoms with Crippen LogP contribution in [0, 0.1) is 0 Å². The third kappa shape index (κ3) is 2.97. The summed E-state index contributed by atoms with van der Waals surface area (Å²) in [5.74, 6) is -0.290. The number of rotatable bonds is 3. The standard InChI is InChI=1S/C9H18N2O2/c1-2-9(13)3-5-11(6-4-9)7-8(10)12/h13H,2-7H2,1H3,(H2,10,12). The summed E-state index contributed by atoms with van der Waals surface area (Å²) in [6.45, 7) is 3.85. The zero-order valence-corrected chi connectivity index (χ0v) is 8.12. The lowest BCUT2D eigenvalue weighted by molar-refractivity contribution is -0.120. The third-order valence-electron chi connectivity index (χ3n) is 2.82. The van der Waals surface area contributed by atoms with Crippen molar-refractivity contribution in [2.24, 2.45) is 5.73 Å². The summed E-state index contributed by atoms with van der Waals surface area (Å²) in [4.78, 5) is 12.6. The minimum Gasteiger partial charge on any atom is -0.390 e. The Labute approximate surface area is 78.7 Å². The zero-order valence-electron chi connectivity index (χ0n) is 8.12. The van der Waals surface area contributed by atoms with Crippen molar-refractivity contribution in [1.29, 1.82) is 0 Å². The van der Waals surface area contributed by atoms with Crippen molar-refractivity contribution in [2.75, 3.05) is 19.6 Å². The van der Waals surface area contributed by atoms with Crippen molar-refractivity contribution in [2.45, 2.75) is 31.8 Å². The molecular weight excluding hydrogens is 168 g/mol. The molecule has 1 fully saturated rings. The van der Waals surface area contributed by atoms with Gasteiger partial charge in [0.05, 0.1) is 12.1 Å². The Balaban J connectivity index is 2.34. The summed E-state index contributed by atoms with van der Waals surface area (Å²) < 4.78 is 0. The van der Waals surface area contributed by atoms with E-state index in [1.54, 1.807) is 0 Å². The summed E-state index contributed by atoms with van der Waals surface area (Å²) in [5, 5.41) is 9.89. The minimum absolute atomic E-state index is 0.290. The molecule has 1 amide bonds. The van der Waals surface area contributed by atoms with Gasteiger partial charge in [0.25, 0.3) is 0 Å². The van der Waals surface area contributed by atoms with Crippen LogP contribution in [0.25, 0.3) is 0 Å².